The Hall–Kier alpha value is -2.25. The van der Waals surface area contributed by atoms with Gasteiger partial charge in [-0.05, 0) is 12.1 Å². The Kier molecular flexibility index (Phi) is 5.78. The number of aromatic nitrogens is 2. The van der Waals surface area contributed by atoms with Crippen LogP contribution in [-0.4, -0.2) is 60.0 Å². The zero-order chi connectivity index (χ0) is 17.6. The Balaban J connectivity index is 1.43. The van der Waals surface area contributed by atoms with Crippen LogP contribution in [0.4, 0.5) is 10.2 Å². The number of hydrogen-bond acceptors (Lipinski definition) is 5. The first-order chi connectivity index (χ1) is 12.1. The summed E-state index contributed by atoms with van der Waals surface area (Å²) in [5.41, 5.74) is 0.0747. The molecule has 0 atom stereocenters. The Morgan fingerprint density at radius 2 is 2.00 bits per heavy atom. The van der Waals surface area contributed by atoms with Gasteiger partial charge in [0.2, 0.25) is 0 Å². The maximum Gasteiger partial charge on any atom is 0.254 e. The third kappa shape index (κ3) is 4.43. The van der Waals surface area contributed by atoms with Crippen molar-refractivity contribution < 1.29 is 9.18 Å². The van der Waals surface area contributed by atoms with Crippen LogP contribution < -0.4 is 10.2 Å². The van der Waals surface area contributed by atoms with Crippen LogP contribution in [0.2, 0.25) is 5.02 Å². The molecule has 8 heteroatoms. The molecule has 1 fully saturated rings. The van der Waals surface area contributed by atoms with Crippen molar-refractivity contribution in [3.05, 3.63) is 53.2 Å². The zero-order valence-corrected chi connectivity index (χ0v) is 14.4. The van der Waals surface area contributed by atoms with Gasteiger partial charge in [-0.15, -0.1) is 0 Å². The van der Waals surface area contributed by atoms with Crippen molar-refractivity contribution >= 4 is 23.3 Å². The summed E-state index contributed by atoms with van der Waals surface area (Å²) < 4.78 is 13.6. The van der Waals surface area contributed by atoms with Crippen molar-refractivity contribution in [3.8, 4) is 0 Å². The van der Waals surface area contributed by atoms with E-state index in [1.165, 1.54) is 18.5 Å². The predicted molar refractivity (Wildman–Crippen MR) is 94.4 cm³/mol. The minimum atomic E-state index is -0.504. The topological polar surface area (TPSA) is 61.4 Å². The van der Waals surface area contributed by atoms with Crippen LogP contribution in [0.1, 0.15) is 10.4 Å². The fourth-order valence-electron chi connectivity index (χ4n) is 2.79. The number of benzene rings is 1. The summed E-state index contributed by atoms with van der Waals surface area (Å²) in [7, 11) is 0. The quantitative estimate of drug-likeness (QED) is 0.878. The molecule has 0 radical (unpaired) electrons. The minimum Gasteiger partial charge on any atom is -0.353 e. The number of anilines is 1. The van der Waals surface area contributed by atoms with Gasteiger partial charge in [0.15, 0.2) is 5.82 Å². The summed E-state index contributed by atoms with van der Waals surface area (Å²) in [5.74, 6) is -0.135. The lowest BCUT2D eigenvalue weighted by atomic mass is 10.2. The molecule has 0 bridgehead atoms. The molecule has 6 nitrogen and oxygen atoms in total. The molecule has 1 aromatic carbocycles. The summed E-state index contributed by atoms with van der Waals surface area (Å²) in [4.78, 5) is 24.5. The lowest BCUT2D eigenvalue weighted by Crippen LogP contribution is -2.48. The highest BCUT2D eigenvalue weighted by molar-refractivity contribution is 6.32. The fraction of sp³-hybridized carbons (Fsp3) is 0.353. The Bertz CT molecular complexity index is 736. The number of rotatable bonds is 5. The zero-order valence-electron chi connectivity index (χ0n) is 13.7. The Morgan fingerprint density at radius 3 is 2.72 bits per heavy atom. The van der Waals surface area contributed by atoms with Crippen LogP contribution in [0.5, 0.6) is 0 Å². The van der Waals surface area contributed by atoms with Gasteiger partial charge in [0, 0.05) is 39.3 Å². The highest BCUT2D eigenvalue weighted by atomic mass is 35.5. The molecule has 1 saturated heterocycles. The van der Waals surface area contributed by atoms with Gasteiger partial charge in [-0.25, -0.2) is 14.4 Å². The van der Waals surface area contributed by atoms with Crippen molar-refractivity contribution in [3.63, 3.8) is 0 Å². The van der Waals surface area contributed by atoms with Crippen LogP contribution >= 0.6 is 11.6 Å². The van der Waals surface area contributed by atoms with Crippen molar-refractivity contribution in [1.82, 2.24) is 20.2 Å². The van der Waals surface area contributed by atoms with E-state index in [1.807, 2.05) is 0 Å². The molecule has 0 unspecified atom stereocenters. The standard InChI is InChI=1S/C17H19ClFN5O/c18-14-11-20-12-22-16(14)24-9-7-23(8-10-24)6-5-21-17(25)13-3-1-2-4-15(13)19/h1-4,11-12H,5-10H2,(H,21,25). The number of carbonyl (C=O) groups is 1. The summed E-state index contributed by atoms with van der Waals surface area (Å²) in [6, 6.07) is 5.98. The van der Waals surface area contributed by atoms with Gasteiger partial charge in [-0.1, -0.05) is 23.7 Å². The molecular weight excluding hydrogens is 345 g/mol. The average Bonchev–Trinajstić information content (AvgIpc) is 2.63. The molecule has 1 N–H and O–H groups in total. The van der Waals surface area contributed by atoms with Crippen molar-refractivity contribution in [2.24, 2.45) is 0 Å². The van der Waals surface area contributed by atoms with E-state index in [-0.39, 0.29) is 11.5 Å². The molecular formula is C17H19ClFN5O. The van der Waals surface area contributed by atoms with Gasteiger partial charge in [0.25, 0.3) is 5.91 Å². The highest BCUT2D eigenvalue weighted by Gasteiger charge is 2.20. The summed E-state index contributed by atoms with van der Waals surface area (Å²) in [6.45, 7) is 4.48. The molecule has 0 saturated carbocycles. The highest BCUT2D eigenvalue weighted by Crippen LogP contribution is 2.22. The van der Waals surface area contributed by atoms with Gasteiger partial charge in [-0.2, -0.15) is 0 Å². The van der Waals surface area contributed by atoms with Crippen molar-refractivity contribution in [2.75, 3.05) is 44.2 Å². The molecule has 1 aliphatic rings. The number of carbonyl (C=O) groups excluding carboxylic acids is 1. The third-order valence-electron chi connectivity index (χ3n) is 4.15. The van der Waals surface area contributed by atoms with E-state index in [9.17, 15) is 9.18 Å². The summed E-state index contributed by atoms with van der Waals surface area (Å²) >= 11 is 6.13. The van der Waals surface area contributed by atoms with E-state index < -0.39 is 5.82 Å². The lowest BCUT2D eigenvalue weighted by molar-refractivity contribution is 0.0943. The van der Waals surface area contributed by atoms with E-state index >= 15 is 0 Å². The first-order valence-corrected chi connectivity index (χ1v) is 8.48. The first kappa shape index (κ1) is 17.6. The molecule has 0 spiro atoms. The minimum absolute atomic E-state index is 0.0747. The monoisotopic (exact) mass is 363 g/mol. The van der Waals surface area contributed by atoms with E-state index in [2.05, 4.69) is 25.1 Å². The summed E-state index contributed by atoms with van der Waals surface area (Å²) in [6.07, 6.45) is 3.08. The van der Waals surface area contributed by atoms with Crippen LogP contribution in [0.15, 0.2) is 36.8 Å². The second-order valence-corrected chi connectivity index (χ2v) is 6.17. The van der Waals surface area contributed by atoms with Gasteiger partial charge in [0.1, 0.15) is 17.2 Å². The van der Waals surface area contributed by atoms with Gasteiger partial charge in [0.05, 0.1) is 11.8 Å². The van der Waals surface area contributed by atoms with Crippen LogP contribution in [0.3, 0.4) is 0 Å². The number of halogens is 2. The number of nitrogens with one attached hydrogen (secondary N) is 1. The molecule has 25 heavy (non-hydrogen) atoms. The van der Waals surface area contributed by atoms with E-state index in [4.69, 9.17) is 11.6 Å². The fourth-order valence-corrected chi connectivity index (χ4v) is 3.01. The van der Waals surface area contributed by atoms with Gasteiger partial charge < -0.3 is 10.2 Å². The SMILES string of the molecule is O=C(NCCN1CCN(c2ncncc2Cl)CC1)c1ccccc1F. The smallest absolute Gasteiger partial charge is 0.254 e. The van der Waals surface area contributed by atoms with Crippen molar-refractivity contribution in [2.45, 2.75) is 0 Å². The van der Waals surface area contributed by atoms with Crippen LogP contribution in [0.25, 0.3) is 0 Å². The third-order valence-corrected chi connectivity index (χ3v) is 4.42. The molecule has 132 valence electrons. The molecule has 1 aliphatic heterocycles. The Morgan fingerprint density at radius 1 is 1.24 bits per heavy atom. The van der Waals surface area contributed by atoms with Crippen LogP contribution in [-0.2, 0) is 0 Å². The number of hydrogen-bond donors (Lipinski definition) is 1. The second-order valence-electron chi connectivity index (χ2n) is 5.76. The molecule has 1 amide bonds. The number of piperazine rings is 1. The molecule has 2 heterocycles. The van der Waals surface area contributed by atoms with E-state index in [0.29, 0.717) is 18.1 Å². The largest absolute Gasteiger partial charge is 0.353 e. The van der Waals surface area contributed by atoms with E-state index in [0.717, 1.165) is 32.0 Å². The van der Waals surface area contributed by atoms with Crippen LogP contribution in [0, 0.1) is 5.82 Å². The average molecular weight is 364 g/mol. The number of amides is 1. The predicted octanol–water partition coefficient (Wildman–Crippen LogP) is 1.82. The van der Waals surface area contributed by atoms with Crippen molar-refractivity contribution in [1.29, 1.82) is 0 Å². The first-order valence-electron chi connectivity index (χ1n) is 8.10. The molecule has 1 aromatic heterocycles. The normalized spacial score (nSPS) is 15.2. The molecule has 3 rings (SSSR count). The maximum absolute atomic E-state index is 13.6. The number of nitrogens with zero attached hydrogens (tertiary/aromatic N) is 4. The maximum atomic E-state index is 13.6. The van der Waals surface area contributed by atoms with E-state index in [1.54, 1.807) is 18.3 Å². The molecule has 0 aliphatic carbocycles. The lowest BCUT2D eigenvalue weighted by Gasteiger charge is -2.35. The van der Waals surface area contributed by atoms with Gasteiger partial charge >= 0.3 is 0 Å². The molecule has 2 aromatic rings. The second kappa shape index (κ2) is 8.22. The summed E-state index contributed by atoms with van der Waals surface area (Å²) in [5, 5.41) is 3.31. The Labute approximate surface area is 150 Å². The van der Waals surface area contributed by atoms with Gasteiger partial charge in [-0.3, -0.25) is 9.69 Å².